The highest BCUT2D eigenvalue weighted by Crippen LogP contribution is 2.18. The zero-order valence-electron chi connectivity index (χ0n) is 12.0. The quantitative estimate of drug-likeness (QED) is 0.796. The van der Waals surface area contributed by atoms with Crippen LogP contribution in [0.1, 0.15) is 33.6 Å². The number of nitrogens with one attached hydrogen (secondary N) is 1. The molecule has 0 aromatic heterocycles. The number of nitrogens with two attached hydrogens (primary N) is 1. The third-order valence-corrected chi connectivity index (χ3v) is 2.62. The second-order valence-corrected chi connectivity index (χ2v) is 5.12. The molecule has 1 rings (SSSR count). The molecule has 0 aliphatic carbocycles. The number of rotatable bonds is 7. The summed E-state index contributed by atoms with van der Waals surface area (Å²) in [4.78, 5) is 11.8. The second kappa shape index (κ2) is 7.79. The third-order valence-electron chi connectivity index (χ3n) is 2.62. The van der Waals surface area contributed by atoms with Gasteiger partial charge in [-0.05, 0) is 24.5 Å². The van der Waals surface area contributed by atoms with Crippen LogP contribution in [0.4, 0.5) is 5.69 Å². The van der Waals surface area contributed by atoms with Crippen LogP contribution in [0.5, 0.6) is 5.75 Å². The molecule has 1 aromatic carbocycles. The van der Waals surface area contributed by atoms with E-state index in [0.29, 0.717) is 18.9 Å². The van der Waals surface area contributed by atoms with Crippen molar-refractivity contribution in [1.82, 2.24) is 0 Å². The van der Waals surface area contributed by atoms with Gasteiger partial charge in [0, 0.05) is 11.8 Å². The minimum Gasteiger partial charge on any atom is -0.493 e. The lowest BCUT2D eigenvalue weighted by Crippen LogP contribution is -2.35. The Kier molecular flexibility index (Phi) is 6.36. The van der Waals surface area contributed by atoms with Crippen molar-refractivity contribution >= 4 is 11.6 Å². The maximum atomic E-state index is 11.8. The molecule has 0 saturated carbocycles. The van der Waals surface area contributed by atoms with Crippen LogP contribution in [-0.2, 0) is 4.79 Å². The van der Waals surface area contributed by atoms with Gasteiger partial charge in [-0.3, -0.25) is 4.79 Å². The van der Waals surface area contributed by atoms with Crippen molar-refractivity contribution in [2.75, 3.05) is 11.9 Å². The molecule has 4 nitrogen and oxygen atoms in total. The summed E-state index contributed by atoms with van der Waals surface area (Å²) in [6.07, 6.45) is 1.58. The molecular weight excluding hydrogens is 240 g/mol. The highest BCUT2D eigenvalue weighted by molar-refractivity contribution is 5.94. The van der Waals surface area contributed by atoms with E-state index in [-0.39, 0.29) is 5.91 Å². The predicted octanol–water partition coefficient (Wildman–Crippen LogP) is 2.79. The van der Waals surface area contributed by atoms with E-state index < -0.39 is 6.04 Å². The number of ether oxygens (including phenoxy) is 1. The topological polar surface area (TPSA) is 64.4 Å². The van der Waals surface area contributed by atoms with Gasteiger partial charge in [-0.1, -0.05) is 33.3 Å². The summed E-state index contributed by atoms with van der Waals surface area (Å²) < 4.78 is 5.62. The number of benzene rings is 1. The molecule has 0 unspecified atom stereocenters. The second-order valence-electron chi connectivity index (χ2n) is 5.12. The summed E-state index contributed by atoms with van der Waals surface area (Å²) in [5.41, 5.74) is 6.49. The average Bonchev–Trinajstić information content (AvgIpc) is 2.37. The fraction of sp³-hybridized carbons (Fsp3) is 0.533. The Labute approximate surface area is 115 Å². The fourth-order valence-electron chi connectivity index (χ4n) is 1.60. The van der Waals surface area contributed by atoms with Crippen LogP contribution in [0.15, 0.2) is 24.3 Å². The van der Waals surface area contributed by atoms with Gasteiger partial charge in [0.1, 0.15) is 5.75 Å². The van der Waals surface area contributed by atoms with Crippen LogP contribution < -0.4 is 15.8 Å². The van der Waals surface area contributed by atoms with E-state index in [0.717, 1.165) is 17.9 Å². The first-order valence-corrected chi connectivity index (χ1v) is 6.82. The van der Waals surface area contributed by atoms with Crippen LogP contribution in [-0.4, -0.2) is 18.6 Å². The first-order chi connectivity index (χ1) is 9.02. The maximum Gasteiger partial charge on any atom is 0.241 e. The first kappa shape index (κ1) is 15.5. The van der Waals surface area contributed by atoms with Gasteiger partial charge in [0.2, 0.25) is 5.91 Å². The van der Waals surface area contributed by atoms with Crippen molar-refractivity contribution in [2.24, 2.45) is 11.7 Å². The van der Waals surface area contributed by atoms with E-state index in [4.69, 9.17) is 10.5 Å². The molecule has 0 heterocycles. The van der Waals surface area contributed by atoms with Crippen LogP contribution in [0.2, 0.25) is 0 Å². The lowest BCUT2D eigenvalue weighted by atomic mass is 10.1. The Morgan fingerprint density at radius 2 is 2.16 bits per heavy atom. The van der Waals surface area contributed by atoms with Crippen LogP contribution in [0.3, 0.4) is 0 Å². The Hall–Kier alpha value is -1.55. The van der Waals surface area contributed by atoms with E-state index >= 15 is 0 Å². The normalized spacial score (nSPS) is 12.3. The van der Waals surface area contributed by atoms with Gasteiger partial charge in [0.05, 0.1) is 12.6 Å². The molecule has 1 amide bonds. The van der Waals surface area contributed by atoms with Gasteiger partial charge < -0.3 is 15.8 Å². The third kappa shape index (κ3) is 5.75. The number of carbonyl (C=O) groups is 1. The molecule has 0 aliphatic rings. The SMILES string of the molecule is CCC[C@@H](N)C(=O)Nc1cccc(OCC(C)C)c1. The van der Waals surface area contributed by atoms with E-state index in [9.17, 15) is 4.79 Å². The Bertz CT molecular complexity index is 405. The maximum absolute atomic E-state index is 11.8. The van der Waals surface area contributed by atoms with Crippen molar-refractivity contribution in [3.05, 3.63) is 24.3 Å². The Morgan fingerprint density at radius 3 is 2.79 bits per heavy atom. The Balaban J connectivity index is 2.59. The number of hydrogen-bond acceptors (Lipinski definition) is 3. The molecule has 1 atom stereocenters. The summed E-state index contributed by atoms with van der Waals surface area (Å²) in [5.74, 6) is 1.08. The average molecular weight is 264 g/mol. The molecule has 0 fully saturated rings. The molecular formula is C15H24N2O2. The molecule has 0 spiro atoms. The molecule has 0 saturated heterocycles. The smallest absolute Gasteiger partial charge is 0.241 e. The van der Waals surface area contributed by atoms with Crippen LogP contribution in [0, 0.1) is 5.92 Å². The van der Waals surface area contributed by atoms with Gasteiger partial charge in [0.15, 0.2) is 0 Å². The molecule has 4 heteroatoms. The number of hydrogen-bond donors (Lipinski definition) is 2. The van der Waals surface area contributed by atoms with Gasteiger partial charge in [-0.25, -0.2) is 0 Å². The predicted molar refractivity (Wildman–Crippen MR) is 78.3 cm³/mol. The summed E-state index contributed by atoms with van der Waals surface area (Å²) in [7, 11) is 0. The lowest BCUT2D eigenvalue weighted by molar-refractivity contribution is -0.117. The summed E-state index contributed by atoms with van der Waals surface area (Å²) in [6, 6.07) is 6.93. The number of anilines is 1. The fourth-order valence-corrected chi connectivity index (χ4v) is 1.60. The van der Waals surface area contributed by atoms with E-state index in [1.54, 1.807) is 0 Å². The zero-order chi connectivity index (χ0) is 14.3. The van der Waals surface area contributed by atoms with Crippen LogP contribution in [0.25, 0.3) is 0 Å². The first-order valence-electron chi connectivity index (χ1n) is 6.82. The standard InChI is InChI=1S/C15H24N2O2/c1-4-6-14(16)15(18)17-12-7-5-8-13(9-12)19-10-11(2)3/h5,7-9,11,14H,4,6,10,16H2,1-3H3,(H,17,18)/t14-/m1/s1. The molecule has 106 valence electrons. The van der Waals surface area contributed by atoms with Gasteiger partial charge >= 0.3 is 0 Å². The van der Waals surface area contributed by atoms with Crippen molar-refractivity contribution in [3.8, 4) is 5.75 Å². The summed E-state index contributed by atoms with van der Waals surface area (Å²) in [6.45, 7) is 6.85. The lowest BCUT2D eigenvalue weighted by Gasteiger charge is -2.13. The molecule has 0 aliphatic heterocycles. The van der Waals surface area contributed by atoms with Gasteiger partial charge in [-0.15, -0.1) is 0 Å². The zero-order valence-corrected chi connectivity index (χ0v) is 12.0. The Morgan fingerprint density at radius 1 is 1.42 bits per heavy atom. The van der Waals surface area contributed by atoms with E-state index in [1.807, 2.05) is 31.2 Å². The van der Waals surface area contributed by atoms with Gasteiger partial charge in [-0.2, -0.15) is 0 Å². The minimum atomic E-state index is -0.453. The summed E-state index contributed by atoms with van der Waals surface area (Å²) >= 11 is 0. The van der Waals surface area contributed by atoms with Crippen molar-refractivity contribution in [3.63, 3.8) is 0 Å². The monoisotopic (exact) mass is 264 g/mol. The van der Waals surface area contributed by atoms with Crippen molar-refractivity contribution < 1.29 is 9.53 Å². The molecule has 1 aromatic rings. The molecule has 0 radical (unpaired) electrons. The van der Waals surface area contributed by atoms with Crippen molar-refractivity contribution in [1.29, 1.82) is 0 Å². The molecule has 3 N–H and O–H groups in total. The minimum absolute atomic E-state index is 0.150. The number of carbonyl (C=O) groups excluding carboxylic acids is 1. The van der Waals surface area contributed by atoms with E-state index in [1.165, 1.54) is 0 Å². The van der Waals surface area contributed by atoms with Gasteiger partial charge in [0.25, 0.3) is 0 Å². The number of amides is 1. The largest absolute Gasteiger partial charge is 0.493 e. The highest BCUT2D eigenvalue weighted by atomic mass is 16.5. The molecule has 0 bridgehead atoms. The highest BCUT2D eigenvalue weighted by Gasteiger charge is 2.12. The summed E-state index contributed by atoms with van der Waals surface area (Å²) in [5, 5.41) is 2.81. The van der Waals surface area contributed by atoms with E-state index in [2.05, 4.69) is 19.2 Å². The van der Waals surface area contributed by atoms with Crippen molar-refractivity contribution in [2.45, 2.75) is 39.7 Å². The van der Waals surface area contributed by atoms with Crippen LogP contribution >= 0.6 is 0 Å². The molecule has 19 heavy (non-hydrogen) atoms.